The minimum atomic E-state index is -0.482. The minimum absolute atomic E-state index is 0.0736. The second kappa shape index (κ2) is 9.08. The van der Waals surface area contributed by atoms with Crippen LogP contribution in [0.4, 0.5) is 5.69 Å². The van der Waals surface area contributed by atoms with Gasteiger partial charge in [0.05, 0.1) is 13.0 Å². The lowest BCUT2D eigenvalue weighted by Crippen LogP contribution is -2.22. The van der Waals surface area contributed by atoms with Gasteiger partial charge in [-0.1, -0.05) is 40.2 Å². The molecular formula is C18H18BrNO4. The molecule has 0 atom stereocenters. The summed E-state index contributed by atoms with van der Waals surface area (Å²) in [6.45, 7) is 1.76. The third kappa shape index (κ3) is 6.04. The summed E-state index contributed by atoms with van der Waals surface area (Å²) in [6, 6.07) is 14.7. The van der Waals surface area contributed by atoms with E-state index in [9.17, 15) is 9.59 Å². The Kier molecular flexibility index (Phi) is 6.81. The summed E-state index contributed by atoms with van der Waals surface area (Å²) in [5.41, 5.74) is 1.65. The highest BCUT2D eigenvalue weighted by Crippen LogP contribution is 2.17. The van der Waals surface area contributed by atoms with Crippen LogP contribution < -0.4 is 10.1 Å². The van der Waals surface area contributed by atoms with Gasteiger partial charge in [0.25, 0.3) is 5.91 Å². The number of nitrogens with one attached hydrogen (secondary N) is 1. The lowest BCUT2D eigenvalue weighted by Gasteiger charge is -2.09. The van der Waals surface area contributed by atoms with E-state index in [2.05, 4.69) is 21.2 Å². The number of rotatable bonds is 7. The first kappa shape index (κ1) is 18.0. The Labute approximate surface area is 149 Å². The lowest BCUT2D eigenvalue weighted by molar-refractivity contribution is -0.147. The fraction of sp³-hybridized carbons (Fsp3) is 0.222. The quantitative estimate of drug-likeness (QED) is 0.730. The summed E-state index contributed by atoms with van der Waals surface area (Å²) in [4.78, 5) is 23.4. The summed E-state index contributed by atoms with van der Waals surface area (Å²) in [5, 5.41) is 2.70. The standard InChI is InChI=1S/C18H18BrNO4/c1-13-5-2-3-8-16(13)20-17(21)12-24-18(22)9-10-23-15-7-4-6-14(19)11-15/h2-8,11H,9-10,12H2,1H3,(H,20,21). The zero-order valence-corrected chi connectivity index (χ0v) is 14.8. The van der Waals surface area contributed by atoms with E-state index < -0.39 is 5.97 Å². The van der Waals surface area contributed by atoms with Crippen molar-refractivity contribution in [3.05, 3.63) is 58.6 Å². The minimum Gasteiger partial charge on any atom is -0.493 e. The van der Waals surface area contributed by atoms with E-state index in [1.807, 2.05) is 37.3 Å². The first-order valence-corrected chi connectivity index (χ1v) is 8.23. The molecule has 0 saturated heterocycles. The third-order valence-electron chi connectivity index (χ3n) is 3.15. The van der Waals surface area contributed by atoms with Gasteiger partial charge in [-0.2, -0.15) is 0 Å². The van der Waals surface area contributed by atoms with E-state index in [-0.39, 0.29) is 25.5 Å². The molecule has 0 aliphatic rings. The average molecular weight is 392 g/mol. The lowest BCUT2D eigenvalue weighted by atomic mass is 10.2. The number of esters is 1. The molecule has 2 aromatic rings. The number of para-hydroxylation sites is 1. The molecule has 0 saturated carbocycles. The molecule has 24 heavy (non-hydrogen) atoms. The number of carbonyl (C=O) groups is 2. The number of anilines is 1. The van der Waals surface area contributed by atoms with Crippen molar-refractivity contribution in [2.24, 2.45) is 0 Å². The number of hydrogen-bond acceptors (Lipinski definition) is 4. The van der Waals surface area contributed by atoms with Gasteiger partial charge in [-0.05, 0) is 36.8 Å². The van der Waals surface area contributed by atoms with E-state index in [0.717, 1.165) is 10.0 Å². The van der Waals surface area contributed by atoms with Gasteiger partial charge in [0.1, 0.15) is 5.75 Å². The van der Waals surface area contributed by atoms with Gasteiger partial charge in [-0.15, -0.1) is 0 Å². The molecule has 0 aromatic heterocycles. The highest BCUT2D eigenvalue weighted by atomic mass is 79.9. The molecule has 2 aromatic carbocycles. The molecule has 0 heterocycles. The largest absolute Gasteiger partial charge is 0.493 e. The molecule has 0 aliphatic carbocycles. The highest BCUT2D eigenvalue weighted by molar-refractivity contribution is 9.10. The number of halogens is 1. The maximum atomic E-state index is 11.8. The zero-order chi connectivity index (χ0) is 17.4. The second-order valence-corrected chi connectivity index (χ2v) is 6.00. The summed E-state index contributed by atoms with van der Waals surface area (Å²) >= 11 is 3.34. The van der Waals surface area contributed by atoms with Crippen molar-refractivity contribution < 1.29 is 19.1 Å². The Morgan fingerprint density at radius 2 is 1.92 bits per heavy atom. The Bertz CT molecular complexity index is 718. The van der Waals surface area contributed by atoms with Crippen LogP contribution in [0.15, 0.2) is 53.0 Å². The Hall–Kier alpha value is -2.34. The molecule has 0 aliphatic heterocycles. The normalized spacial score (nSPS) is 10.1. The van der Waals surface area contributed by atoms with E-state index in [0.29, 0.717) is 11.4 Å². The number of benzene rings is 2. The molecule has 5 nitrogen and oxygen atoms in total. The van der Waals surface area contributed by atoms with Crippen molar-refractivity contribution in [3.63, 3.8) is 0 Å². The monoisotopic (exact) mass is 391 g/mol. The van der Waals surface area contributed by atoms with Crippen LogP contribution in [-0.4, -0.2) is 25.1 Å². The molecule has 6 heteroatoms. The maximum Gasteiger partial charge on any atom is 0.309 e. The first-order chi connectivity index (χ1) is 11.5. The average Bonchev–Trinajstić information content (AvgIpc) is 2.55. The van der Waals surface area contributed by atoms with E-state index in [4.69, 9.17) is 9.47 Å². The molecule has 0 bridgehead atoms. The third-order valence-corrected chi connectivity index (χ3v) is 3.65. The van der Waals surface area contributed by atoms with Crippen LogP contribution in [0.25, 0.3) is 0 Å². The predicted molar refractivity (Wildman–Crippen MR) is 95.0 cm³/mol. The van der Waals surface area contributed by atoms with Gasteiger partial charge in [-0.25, -0.2) is 0 Å². The molecule has 126 valence electrons. The van der Waals surface area contributed by atoms with Crippen LogP contribution in [0.5, 0.6) is 5.75 Å². The van der Waals surface area contributed by atoms with Gasteiger partial charge in [0, 0.05) is 10.2 Å². The first-order valence-electron chi connectivity index (χ1n) is 7.44. The van der Waals surface area contributed by atoms with Crippen molar-refractivity contribution in [2.45, 2.75) is 13.3 Å². The van der Waals surface area contributed by atoms with Crippen LogP contribution in [0.3, 0.4) is 0 Å². The SMILES string of the molecule is Cc1ccccc1NC(=O)COC(=O)CCOc1cccc(Br)c1. The Morgan fingerprint density at radius 3 is 2.67 bits per heavy atom. The van der Waals surface area contributed by atoms with Crippen LogP contribution in [0, 0.1) is 6.92 Å². The maximum absolute atomic E-state index is 11.8. The van der Waals surface area contributed by atoms with Crippen LogP contribution in [0.2, 0.25) is 0 Å². The van der Waals surface area contributed by atoms with Crippen LogP contribution in [0.1, 0.15) is 12.0 Å². The molecule has 2 rings (SSSR count). The smallest absolute Gasteiger partial charge is 0.309 e. The molecule has 0 spiro atoms. The van der Waals surface area contributed by atoms with Gasteiger partial charge in [0.2, 0.25) is 0 Å². The summed E-state index contributed by atoms with van der Waals surface area (Å²) in [7, 11) is 0. The number of hydrogen-bond donors (Lipinski definition) is 1. The van der Waals surface area contributed by atoms with E-state index in [1.54, 1.807) is 18.2 Å². The number of amides is 1. The summed E-state index contributed by atoms with van der Waals surface area (Å²) in [6.07, 6.45) is 0.0736. The number of carbonyl (C=O) groups excluding carboxylic acids is 2. The summed E-state index contributed by atoms with van der Waals surface area (Å²) < 4.78 is 11.3. The van der Waals surface area contributed by atoms with Crippen molar-refractivity contribution in [1.82, 2.24) is 0 Å². The molecule has 0 unspecified atom stereocenters. The highest BCUT2D eigenvalue weighted by Gasteiger charge is 2.09. The van der Waals surface area contributed by atoms with Crippen molar-refractivity contribution in [3.8, 4) is 5.75 Å². The zero-order valence-electron chi connectivity index (χ0n) is 13.3. The van der Waals surface area contributed by atoms with Gasteiger partial charge in [-0.3, -0.25) is 9.59 Å². The Balaban J connectivity index is 1.67. The fourth-order valence-corrected chi connectivity index (χ4v) is 2.30. The number of ether oxygens (including phenoxy) is 2. The van der Waals surface area contributed by atoms with Crippen molar-refractivity contribution in [2.75, 3.05) is 18.5 Å². The van der Waals surface area contributed by atoms with Gasteiger partial charge < -0.3 is 14.8 Å². The Morgan fingerprint density at radius 1 is 1.12 bits per heavy atom. The van der Waals surface area contributed by atoms with Crippen molar-refractivity contribution in [1.29, 1.82) is 0 Å². The molecule has 0 radical (unpaired) electrons. The second-order valence-electron chi connectivity index (χ2n) is 5.08. The molecule has 1 N–H and O–H groups in total. The molecular weight excluding hydrogens is 374 g/mol. The van der Waals surface area contributed by atoms with Crippen molar-refractivity contribution >= 4 is 33.5 Å². The fourth-order valence-electron chi connectivity index (χ4n) is 1.93. The molecule has 0 fully saturated rings. The number of aryl methyl sites for hydroxylation is 1. The molecule has 1 amide bonds. The van der Waals surface area contributed by atoms with Gasteiger partial charge in [0.15, 0.2) is 6.61 Å². The van der Waals surface area contributed by atoms with Crippen LogP contribution in [-0.2, 0) is 14.3 Å². The van der Waals surface area contributed by atoms with E-state index in [1.165, 1.54) is 0 Å². The summed E-state index contributed by atoms with van der Waals surface area (Å²) in [5.74, 6) is -0.190. The van der Waals surface area contributed by atoms with E-state index >= 15 is 0 Å². The predicted octanol–water partition coefficient (Wildman–Crippen LogP) is 3.71. The van der Waals surface area contributed by atoms with Gasteiger partial charge >= 0.3 is 5.97 Å². The topological polar surface area (TPSA) is 64.6 Å². The van der Waals surface area contributed by atoms with Crippen LogP contribution >= 0.6 is 15.9 Å².